The van der Waals surface area contributed by atoms with Gasteiger partial charge < -0.3 is 15.8 Å². The minimum atomic E-state index is -0.201. The van der Waals surface area contributed by atoms with Gasteiger partial charge in [-0.25, -0.2) is 0 Å². The van der Waals surface area contributed by atoms with Gasteiger partial charge in [0.1, 0.15) is 0 Å². The number of unbranched alkanes of at least 4 members (excludes halogenated alkanes) is 1. The highest BCUT2D eigenvalue weighted by molar-refractivity contribution is 5.91. The largest absolute Gasteiger partial charge is 0.379 e. The first-order valence-corrected chi connectivity index (χ1v) is 6.63. The van der Waals surface area contributed by atoms with Crippen LogP contribution in [-0.2, 0) is 11.3 Å². The number of nitrogens with two attached hydrogens (primary N) is 1. The fraction of sp³-hybridized carbons (Fsp3) is 0.750. The van der Waals surface area contributed by atoms with E-state index in [4.69, 9.17) is 10.5 Å². The molecule has 7 nitrogen and oxygen atoms in total. The topological polar surface area (TPSA) is 95.1 Å². The lowest BCUT2D eigenvalue weighted by Crippen LogP contribution is -2.25. The summed E-state index contributed by atoms with van der Waals surface area (Å²) in [6.45, 7) is 6.39. The van der Waals surface area contributed by atoms with Crippen molar-refractivity contribution in [2.45, 2.75) is 39.3 Å². The molecule has 0 bridgehead atoms. The number of amides is 1. The van der Waals surface area contributed by atoms with Gasteiger partial charge in [-0.1, -0.05) is 5.21 Å². The number of hydrogen-bond acceptors (Lipinski definition) is 5. The fourth-order valence-corrected chi connectivity index (χ4v) is 1.48. The molecule has 0 atom stereocenters. The molecule has 0 fully saturated rings. The van der Waals surface area contributed by atoms with Crippen LogP contribution in [0.4, 0.5) is 0 Å². The molecule has 3 N–H and O–H groups in total. The average molecular weight is 269 g/mol. The first-order valence-electron chi connectivity index (χ1n) is 6.63. The number of aromatic nitrogens is 3. The summed E-state index contributed by atoms with van der Waals surface area (Å²) in [5, 5.41) is 10.4. The van der Waals surface area contributed by atoms with E-state index in [0.29, 0.717) is 25.3 Å². The highest BCUT2D eigenvalue weighted by atomic mass is 16.5. The zero-order valence-electron chi connectivity index (χ0n) is 11.6. The predicted octanol–water partition coefficient (Wildman–Crippen LogP) is 0.172. The Hall–Kier alpha value is -1.47. The maximum Gasteiger partial charge on any atom is 0.273 e. The van der Waals surface area contributed by atoms with E-state index < -0.39 is 0 Å². The van der Waals surface area contributed by atoms with Crippen molar-refractivity contribution in [3.63, 3.8) is 0 Å². The summed E-state index contributed by atoms with van der Waals surface area (Å²) in [4.78, 5) is 11.7. The molecule has 0 radical (unpaired) electrons. The van der Waals surface area contributed by atoms with Crippen LogP contribution in [0.15, 0.2) is 6.20 Å². The van der Waals surface area contributed by atoms with Crippen LogP contribution in [0.25, 0.3) is 0 Å². The summed E-state index contributed by atoms with van der Waals surface area (Å²) in [5.41, 5.74) is 5.72. The lowest BCUT2D eigenvalue weighted by molar-refractivity contribution is 0.0754. The van der Waals surface area contributed by atoms with E-state index >= 15 is 0 Å². The Morgan fingerprint density at radius 3 is 3.00 bits per heavy atom. The molecule has 0 aromatic carbocycles. The molecule has 1 aromatic rings. The van der Waals surface area contributed by atoms with Crippen molar-refractivity contribution >= 4 is 5.91 Å². The van der Waals surface area contributed by atoms with Crippen LogP contribution in [0.1, 0.15) is 37.2 Å². The molecule has 0 saturated carbocycles. The minimum absolute atomic E-state index is 0.201. The van der Waals surface area contributed by atoms with Crippen molar-refractivity contribution in [2.24, 2.45) is 5.73 Å². The summed E-state index contributed by atoms with van der Waals surface area (Å²) >= 11 is 0. The van der Waals surface area contributed by atoms with Crippen molar-refractivity contribution in [2.75, 3.05) is 19.7 Å². The number of hydrogen-bond donors (Lipinski definition) is 2. The third kappa shape index (κ3) is 6.30. The van der Waals surface area contributed by atoms with E-state index in [1.807, 2.05) is 13.8 Å². The monoisotopic (exact) mass is 269 g/mol. The molecule has 0 unspecified atom stereocenters. The van der Waals surface area contributed by atoms with Gasteiger partial charge in [0.05, 0.1) is 18.8 Å². The van der Waals surface area contributed by atoms with Crippen molar-refractivity contribution in [3.05, 3.63) is 11.9 Å². The molecule has 1 rings (SSSR count). The summed E-state index contributed by atoms with van der Waals surface area (Å²) in [5.74, 6) is -0.201. The van der Waals surface area contributed by atoms with Crippen LogP contribution in [0.2, 0.25) is 0 Å². The Kier molecular flexibility index (Phi) is 7.06. The summed E-state index contributed by atoms with van der Waals surface area (Å²) in [6, 6.07) is 0. The Bertz CT molecular complexity index is 378. The van der Waals surface area contributed by atoms with Crippen LogP contribution < -0.4 is 11.1 Å². The first-order chi connectivity index (χ1) is 9.13. The highest BCUT2D eigenvalue weighted by Gasteiger charge is 2.09. The molecule has 0 aliphatic carbocycles. The van der Waals surface area contributed by atoms with E-state index in [-0.39, 0.29) is 12.0 Å². The summed E-state index contributed by atoms with van der Waals surface area (Å²) in [7, 11) is 0. The first kappa shape index (κ1) is 15.6. The molecule has 1 aromatic heterocycles. The van der Waals surface area contributed by atoms with Crippen molar-refractivity contribution in [1.29, 1.82) is 0 Å². The van der Waals surface area contributed by atoms with Crippen molar-refractivity contribution in [1.82, 2.24) is 20.3 Å². The number of rotatable bonds is 9. The molecular weight excluding hydrogens is 246 g/mol. The molecule has 0 saturated heterocycles. The summed E-state index contributed by atoms with van der Waals surface area (Å²) in [6.07, 6.45) is 3.67. The molecule has 0 spiro atoms. The maximum atomic E-state index is 11.7. The van der Waals surface area contributed by atoms with E-state index in [2.05, 4.69) is 15.6 Å². The zero-order chi connectivity index (χ0) is 14.1. The van der Waals surface area contributed by atoms with Gasteiger partial charge in [0.15, 0.2) is 5.69 Å². The van der Waals surface area contributed by atoms with Gasteiger partial charge in [-0.2, -0.15) is 0 Å². The second-order valence-electron chi connectivity index (χ2n) is 4.54. The molecule has 1 amide bonds. The number of carbonyl (C=O) groups is 1. The normalized spacial score (nSPS) is 10.9. The molecule has 1 heterocycles. The quantitative estimate of drug-likeness (QED) is 0.623. The van der Waals surface area contributed by atoms with Gasteiger partial charge in [-0.3, -0.25) is 9.48 Å². The number of carbonyl (C=O) groups excluding carboxylic acids is 1. The molecule has 19 heavy (non-hydrogen) atoms. The van der Waals surface area contributed by atoms with Gasteiger partial charge >= 0.3 is 0 Å². The van der Waals surface area contributed by atoms with Crippen LogP contribution >= 0.6 is 0 Å². The smallest absolute Gasteiger partial charge is 0.273 e. The third-order valence-corrected chi connectivity index (χ3v) is 2.44. The molecule has 0 aliphatic heterocycles. The number of nitrogens with zero attached hydrogens (tertiary/aromatic N) is 3. The van der Waals surface area contributed by atoms with Gasteiger partial charge in [0.2, 0.25) is 0 Å². The predicted molar refractivity (Wildman–Crippen MR) is 71.7 cm³/mol. The van der Waals surface area contributed by atoms with E-state index in [0.717, 1.165) is 19.4 Å². The number of nitrogens with one attached hydrogen (secondary N) is 1. The van der Waals surface area contributed by atoms with Gasteiger partial charge in [-0.15, -0.1) is 5.10 Å². The molecule has 7 heteroatoms. The number of ether oxygens (including phenoxy) is 1. The van der Waals surface area contributed by atoms with Gasteiger partial charge in [0.25, 0.3) is 5.91 Å². The van der Waals surface area contributed by atoms with Gasteiger partial charge in [-0.05, 0) is 26.7 Å². The standard InChI is InChI=1S/C12H23N5O2/c1-10(2)19-8-4-3-6-14-12(18)11-9-17(7-5-13)16-15-11/h9-10H,3-8,13H2,1-2H3,(H,14,18). The van der Waals surface area contributed by atoms with Crippen LogP contribution in [0.5, 0.6) is 0 Å². The van der Waals surface area contributed by atoms with Crippen LogP contribution in [0, 0.1) is 0 Å². The second kappa shape index (κ2) is 8.60. The average Bonchev–Trinajstić information content (AvgIpc) is 2.82. The molecule has 108 valence electrons. The van der Waals surface area contributed by atoms with E-state index in [9.17, 15) is 4.79 Å². The lowest BCUT2D eigenvalue weighted by atomic mass is 10.3. The second-order valence-corrected chi connectivity index (χ2v) is 4.54. The van der Waals surface area contributed by atoms with Crippen LogP contribution in [-0.4, -0.2) is 46.7 Å². The Morgan fingerprint density at radius 2 is 2.32 bits per heavy atom. The van der Waals surface area contributed by atoms with E-state index in [1.165, 1.54) is 0 Å². The third-order valence-electron chi connectivity index (χ3n) is 2.44. The Labute approximate surface area is 113 Å². The van der Waals surface area contributed by atoms with Crippen LogP contribution in [0.3, 0.4) is 0 Å². The maximum absolute atomic E-state index is 11.7. The molecular formula is C12H23N5O2. The van der Waals surface area contributed by atoms with Crippen molar-refractivity contribution < 1.29 is 9.53 Å². The lowest BCUT2D eigenvalue weighted by Gasteiger charge is -2.07. The van der Waals surface area contributed by atoms with Crippen molar-refractivity contribution in [3.8, 4) is 0 Å². The van der Waals surface area contributed by atoms with Gasteiger partial charge in [0, 0.05) is 19.7 Å². The summed E-state index contributed by atoms with van der Waals surface area (Å²) < 4.78 is 6.97. The highest BCUT2D eigenvalue weighted by Crippen LogP contribution is 1.95. The minimum Gasteiger partial charge on any atom is -0.379 e. The SMILES string of the molecule is CC(C)OCCCCNC(=O)c1cn(CCN)nn1. The fourth-order valence-electron chi connectivity index (χ4n) is 1.48. The Morgan fingerprint density at radius 1 is 1.53 bits per heavy atom. The zero-order valence-corrected chi connectivity index (χ0v) is 11.6. The Balaban J connectivity index is 2.16. The van der Waals surface area contributed by atoms with E-state index in [1.54, 1.807) is 10.9 Å². The molecule has 0 aliphatic rings.